The fourth-order valence-corrected chi connectivity index (χ4v) is 5.40. The fraction of sp³-hybridized carbons (Fsp3) is 0.333. The molecule has 3 rings (SSSR count). The van der Waals surface area contributed by atoms with Crippen molar-refractivity contribution < 1.29 is 9.59 Å². The molecule has 1 atom stereocenters. The predicted molar refractivity (Wildman–Crippen MR) is 153 cm³/mol. The molecule has 0 aliphatic rings. The Balaban J connectivity index is 1.76. The third-order valence-corrected chi connectivity index (χ3v) is 7.73. The largest absolute Gasteiger partial charge is 0.342 e. The van der Waals surface area contributed by atoms with Gasteiger partial charge in [-0.1, -0.05) is 83.6 Å². The van der Waals surface area contributed by atoms with Crippen LogP contribution >= 0.6 is 69.8 Å². The van der Waals surface area contributed by atoms with Crippen LogP contribution in [0.1, 0.15) is 49.4 Å². The van der Waals surface area contributed by atoms with Gasteiger partial charge < -0.3 is 15.2 Å². The summed E-state index contributed by atoms with van der Waals surface area (Å²) >= 11 is 31.5. The molecule has 198 valence electrons. The summed E-state index contributed by atoms with van der Waals surface area (Å²) in [5, 5.41) is 16.5. The van der Waals surface area contributed by atoms with E-state index in [-0.39, 0.29) is 38.6 Å². The number of carbonyl (C=O) groups is 2. The van der Waals surface area contributed by atoms with Crippen LogP contribution in [0, 0.1) is 5.92 Å². The molecule has 0 aliphatic heterocycles. The molecular weight excluding hydrogens is 600 g/mol. The van der Waals surface area contributed by atoms with E-state index in [1.54, 1.807) is 12.1 Å². The highest BCUT2D eigenvalue weighted by Gasteiger charge is 2.25. The van der Waals surface area contributed by atoms with Gasteiger partial charge in [0.1, 0.15) is 0 Å². The number of aromatic nitrogens is 3. The molecule has 0 saturated heterocycles. The zero-order valence-corrected chi connectivity index (χ0v) is 24.7. The van der Waals surface area contributed by atoms with E-state index >= 15 is 0 Å². The van der Waals surface area contributed by atoms with Gasteiger partial charge >= 0.3 is 0 Å². The first-order chi connectivity index (χ1) is 17.5. The van der Waals surface area contributed by atoms with E-state index < -0.39 is 6.04 Å². The van der Waals surface area contributed by atoms with Crippen molar-refractivity contribution in [2.45, 2.75) is 44.9 Å². The molecule has 0 spiro atoms. The summed E-state index contributed by atoms with van der Waals surface area (Å²) < 4.78 is 1.88. The van der Waals surface area contributed by atoms with Crippen LogP contribution in [0.25, 0.3) is 0 Å². The monoisotopic (exact) mass is 621 g/mol. The molecule has 0 aliphatic carbocycles. The number of amides is 2. The van der Waals surface area contributed by atoms with Crippen LogP contribution in [-0.2, 0) is 11.3 Å². The van der Waals surface area contributed by atoms with Crippen molar-refractivity contribution >= 4 is 87.3 Å². The van der Waals surface area contributed by atoms with Crippen molar-refractivity contribution in [1.82, 2.24) is 20.1 Å². The van der Waals surface area contributed by atoms with Gasteiger partial charge in [-0.15, -0.1) is 10.2 Å². The van der Waals surface area contributed by atoms with Crippen LogP contribution in [-0.4, -0.2) is 32.3 Å². The molecule has 0 unspecified atom stereocenters. The highest BCUT2D eigenvalue weighted by Crippen LogP contribution is 2.33. The smallest absolute Gasteiger partial charge is 0.253 e. The second-order valence-corrected chi connectivity index (χ2v) is 11.5. The number of nitrogens with one attached hydrogen (secondary N) is 2. The number of nitrogens with zero attached hydrogens (tertiary/aromatic N) is 3. The van der Waals surface area contributed by atoms with E-state index in [2.05, 4.69) is 34.7 Å². The Bertz CT molecular complexity index is 1300. The van der Waals surface area contributed by atoms with Crippen LogP contribution in [0.2, 0.25) is 25.1 Å². The lowest BCUT2D eigenvalue weighted by Gasteiger charge is -2.21. The van der Waals surface area contributed by atoms with Crippen LogP contribution < -0.4 is 10.6 Å². The average Bonchev–Trinajstić information content (AvgIpc) is 3.23. The molecule has 7 nitrogen and oxygen atoms in total. The number of halogens is 5. The number of rotatable bonds is 10. The molecule has 1 heterocycles. The SMILES string of the molecule is CCn1c(SCC(=O)Nc2cc(Cl)c(Cl)cc2Cl)nnc1[C@@H](CC(C)C)NC(=O)c1ccc(Cl)cc1Cl. The van der Waals surface area contributed by atoms with Gasteiger partial charge in [0.15, 0.2) is 11.0 Å². The zero-order chi connectivity index (χ0) is 27.3. The number of anilines is 1. The number of thioether (sulfide) groups is 1. The van der Waals surface area contributed by atoms with Gasteiger partial charge in [-0.25, -0.2) is 0 Å². The van der Waals surface area contributed by atoms with Crippen molar-refractivity contribution in [1.29, 1.82) is 0 Å². The van der Waals surface area contributed by atoms with Gasteiger partial charge in [-0.05, 0) is 49.6 Å². The van der Waals surface area contributed by atoms with Crippen molar-refractivity contribution in [3.05, 3.63) is 66.8 Å². The summed E-state index contributed by atoms with van der Waals surface area (Å²) in [7, 11) is 0. The highest BCUT2D eigenvalue weighted by molar-refractivity contribution is 7.99. The zero-order valence-electron chi connectivity index (χ0n) is 20.1. The Labute approximate surface area is 244 Å². The maximum absolute atomic E-state index is 13.0. The summed E-state index contributed by atoms with van der Waals surface area (Å²) in [4.78, 5) is 25.6. The maximum Gasteiger partial charge on any atom is 0.253 e. The lowest BCUT2D eigenvalue weighted by Crippen LogP contribution is -2.32. The first-order valence-corrected chi connectivity index (χ1v) is 14.1. The Morgan fingerprint density at radius 3 is 2.32 bits per heavy atom. The molecule has 0 saturated carbocycles. The molecule has 2 N–H and O–H groups in total. The fourth-order valence-electron chi connectivity index (χ4n) is 3.51. The van der Waals surface area contributed by atoms with Crippen LogP contribution in [0.3, 0.4) is 0 Å². The normalized spacial score (nSPS) is 12.0. The summed E-state index contributed by atoms with van der Waals surface area (Å²) in [6.07, 6.45) is 0.621. The molecule has 13 heteroatoms. The summed E-state index contributed by atoms with van der Waals surface area (Å²) in [5.41, 5.74) is 0.675. The quantitative estimate of drug-likeness (QED) is 0.178. The highest BCUT2D eigenvalue weighted by atomic mass is 35.5. The molecule has 2 amide bonds. The molecule has 37 heavy (non-hydrogen) atoms. The van der Waals surface area contributed by atoms with Crippen LogP contribution in [0.4, 0.5) is 5.69 Å². The molecule has 0 fully saturated rings. The Morgan fingerprint density at radius 1 is 0.973 bits per heavy atom. The second kappa shape index (κ2) is 13.4. The van der Waals surface area contributed by atoms with Crippen molar-refractivity contribution in [2.75, 3.05) is 11.1 Å². The van der Waals surface area contributed by atoms with Crippen LogP contribution in [0.15, 0.2) is 35.5 Å². The van der Waals surface area contributed by atoms with Crippen molar-refractivity contribution in [3.8, 4) is 0 Å². The number of benzene rings is 2. The first kappa shape index (κ1) is 29.9. The molecule has 2 aromatic carbocycles. The minimum absolute atomic E-state index is 0.0519. The van der Waals surface area contributed by atoms with Gasteiger partial charge in [0.2, 0.25) is 5.91 Å². The lowest BCUT2D eigenvalue weighted by atomic mass is 10.0. The summed E-state index contributed by atoms with van der Waals surface area (Å²) in [5.74, 6) is 0.249. The Kier molecular flexibility index (Phi) is 10.8. The van der Waals surface area contributed by atoms with E-state index in [1.807, 2.05) is 11.5 Å². The summed E-state index contributed by atoms with van der Waals surface area (Å²) in [6.45, 7) is 6.58. The van der Waals surface area contributed by atoms with E-state index in [9.17, 15) is 9.59 Å². The third-order valence-electron chi connectivity index (χ3n) is 5.18. The maximum atomic E-state index is 13.0. The standard InChI is InChI=1S/C24H24Cl5N5O2S/c1-4-34-22(20(7-12(2)3)31-23(36)14-6-5-13(25)8-15(14)26)32-33-24(34)37-11-21(35)30-19-10-17(28)16(27)9-18(19)29/h5-6,8-10,12,20H,4,7,11H2,1-3H3,(H,30,35)(H,31,36)/t20-/m1/s1. The predicted octanol–water partition coefficient (Wildman–Crippen LogP) is 7.81. The number of carbonyl (C=O) groups excluding carboxylic acids is 2. The Morgan fingerprint density at radius 2 is 1.68 bits per heavy atom. The van der Waals surface area contributed by atoms with Gasteiger partial charge in [0.05, 0.1) is 43.1 Å². The van der Waals surface area contributed by atoms with Gasteiger partial charge in [0, 0.05) is 11.6 Å². The Hall–Kier alpha value is -1.68. The number of hydrogen-bond acceptors (Lipinski definition) is 5. The van der Waals surface area contributed by atoms with E-state index in [4.69, 9.17) is 58.0 Å². The topological polar surface area (TPSA) is 88.9 Å². The molecule has 0 bridgehead atoms. The molecule has 0 radical (unpaired) electrons. The molecule has 1 aromatic heterocycles. The summed E-state index contributed by atoms with van der Waals surface area (Å²) in [6, 6.07) is 7.25. The van der Waals surface area contributed by atoms with E-state index in [0.717, 1.165) is 0 Å². The average molecular weight is 624 g/mol. The number of hydrogen-bond donors (Lipinski definition) is 2. The molecule has 3 aromatic rings. The van der Waals surface area contributed by atoms with E-state index in [0.29, 0.717) is 45.2 Å². The van der Waals surface area contributed by atoms with E-state index in [1.165, 1.54) is 30.0 Å². The van der Waals surface area contributed by atoms with Gasteiger partial charge in [-0.2, -0.15) is 0 Å². The second-order valence-electron chi connectivity index (χ2n) is 8.45. The molecular formula is C24H24Cl5N5O2S. The lowest BCUT2D eigenvalue weighted by molar-refractivity contribution is -0.113. The minimum Gasteiger partial charge on any atom is -0.342 e. The van der Waals surface area contributed by atoms with Crippen molar-refractivity contribution in [3.63, 3.8) is 0 Å². The van der Waals surface area contributed by atoms with Crippen LogP contribution in [0.5, 0.6) is 0 Å². The third kappa shape index (κ3) is 7.91. The van der Waals surface area contributed by atoms with Gasteiger partial charge in [0.25, 0.3) is 5.91 Å². The van der Waals surface area contributed by atoms with Crippen molar-refractivity contribution in [2.24, 2.45) is 5.92 Å². The van der Waals surface area contributed by atoms with Gasteiger partial charge in [-0.3, -0.25) is 9.59 Å². The first-order valence-electron chi connectivity index (χ1n) is 11.3. The minimum atomic E-state index is -0.426.